The van der Waals surface area contributed by atoms with E-state index in [0.717, 1.165) is 24.3 Å². The molecule has 1 heterocycles. The number of ether oxygens (including phenoxy) is 1. The van der Waals surface area contributed by atoms with E-state index in [1.54, 1.807) is 0 Å². The van der Waals surface area contributed by atoms with Crippen molar-refractivity contribution < 1.29 is 31.1 Å². The number of esters is 1. The molecule has 2 aromatic carbocycles. The number of carbonyl (C=O) groups excluding carboxylic acids is 1. The van der Waals surface area contributed by atoms with Crippen LogP contribution in [0.5, 0.6) is 0 Å². The maximum Gasteiger partial charge on any atom is 0.339 e. The summed E-state index contributed by atoms with van der Waals surface area (Å²) in [6.45, 7) is -0.250. The Morgan fingerprint density at radius 2 is 1.60 bits per heavy atom. The van der Waals surface area contributed by atoms with Crippen molar-refractivity contribution in [1.82, 2.24) is 0 Å². The van der Waals surface area contributed by atoms with Gasteiger partial charge in [-0.05, 0) is 35.4 Å². The number of nitrogens with two attached hydrogens (primary N) is 1. The van der Waals surface area contributed by atoms with Crippen LogP contribution in [0.1, 0.15) is 11.1 Å². The number of cyclic esters (lactones) is 1. The summed E-state index contributed by atoms with van der Waals surface area (Å²) in [5.74, 6) is -3.72. The van der Waals surface area contributed by atoms with Crippen LogP contribution < -0.4 is 5.14 Å². The third kappa shape index (κ3) is 3.28. The number of benzene rings is 2. The zero-order valence-corrected chi connectivity index (χ0v) is 13.2. The number of hydrogen-bond donors (Lipinski definition) is 1. The number of sulfonamides is 1. The van der Waals surface area contributed by atoms with E-state index in [2.05, 4.69) is 0 Å². The van der Waals surface area contributed by atoms with Crippen molar-refractivity contribution in [2.24, 2.45) is 5.14 Å². The van der Waals surface area contributed by atoms with Gasteiger partial charge in [-0.2, -0.15) is 0 Å². The zero-order valence-electron chi connectivity index (χ0n) is 12.4. The molecule has 130 valence electrons. The van der Waals surface area contributed by atoms with Crippen LogP contribution in [0.3, 0.4) is 0 Å². The molecule has 1 aliphatic heterocycles. The summed E-state index contributed by atoms with van der Waals surface area (Å²) in [5, 5.41) is 4.89. The van der Waals surface area contributed by atoms with Crippen molar-refractivity contribution in [3.8, 4) is 0 Å². The number of carbonyl (C=O) groups is 1. The number of primary sulfonamides is 1. The Labute approximate surface area is 140 Å². The van der Waals surface area contributed by atoms with Gasteiger partial charge in [0, 0.05) is 11.6 Å². The molecule has 0 aromatic heterocycles. The predicted molar refractivity (Wildman–Crippen MR) is 81.9 cm³/mol. The highest BCUT2D eigenvalue weighted by Gasteiger charge is 2.29. The van der Waals surface area contributed by atoms with Crippen LogP contribution in [0, 0.1) is 17.5 Å². The lowest BCUT2D eigenvalue weighted by atomic mass is 9.96. The molecule has 0 unspecified atom stereocenters. The van der Waals surface area contributed by atoms with Gasteiger partial charge in [0.2, 0.25) is 10.0 Å². The van der Waals surface area contributed by atoms with Crippen molar-refractivity contribution in [1.29, 1.82) is 0 Å². The van der Waals surface area contributed by atoms with Gasteiger partial charge in [-0.15, -0.1) is 0 Å². The second-order valence-corrected chi connectivity index (χ2v) is 6.81. The van der Waals surface area contributed by atoms with E-state index < -0.39 is 38.3 Å². The largest absolute Gasteiger partial charge is 0.457 e. The van der Waals surface area contributed by atoms with E-state index in [1.165, 1.54) is 6.07 Å². The minimum atomic E-state index is -4.25. The molecule has 0 amide bonds. The molecule has 0 saturated carbocycles. The van der Waals surface area contributed by atoms with Gasteiger partial charge in [-0.3, -0.25) is 0 Å². The Morgan fingerprint density at radius 1 is 0.960 bits per heavy atom. The molecule has 1 aliphatic rings. The monoisotopic (exact) mass is 369 g/mol. The summed E-state index contributed by atoms with van der Waals surface area (Å²) in [6, 6.07) is 5.58. The number of rotatable bonds is 3. The van der Waals surface area contributed by atoms with Crippen LogP contribution >= 0.6 is 0 Å². The van der Waals surface area contributed by atoms with Gasteiger partial charge in [0.25, 0.3) is 0 Å². The summed E-state index contributed by atoms with van der Waals surface area (Å²) in [7, 11) is -4.25. The van der Waals surface area contributed by atoms with Crippen molar-refractivity contribution in [3.05, 3.63) is 65.0 Å². The Hall–Kier alpha value is -2.65. The van der Waals surface area contributed by atoms with Gasteiger partial charge in [-0.1, -0.05) is 6.07 Å². The maximum absolute atomic E-state index is 14.0. The molecule has 25 heavy (non-hydrogen) atoms. The van der Waals surface area contributed by atoms with Gasteiger partial charge in [0.15, 0.2) is 0 Å². The van der Waals surface area contributed by atoms with Crippen molar-refractivity contribution in [2.75, 3.05) is 6.61 Å². The average molecular weight is 369 g/mol. The summed E-state index contributed by atoms with van der Waals surface area (Å²) in [5.41, 5.74) is 0.123. The molecule has 0 fully saturated rings. The minimum absolute atomic E-state index is 0.0640. The van der Waals surface area contributed by atoms with E-state index in [9.17, 15) is 26.4 Å². The first kappa shape index (κ1) is 17.2. The molecule has 9 heteroatoms. The highest BCUT2D eigenvalue weighted by Crippen LogP contribution is 2.34. The lowest BCUT2D eigenvalue weighted by Gasteiger charge is -2.07. The Balaban J connectivity index is 2.18. The highest BCUT2D eigenvalue weighted by molar-refractivity contribution is 7.89. The van der Waals surface area contributed by atoms with Gasteiger partial charge in [0.05, 0.1) is 5.57 Å². The van der Waals surface area contributed by atoms with Crippen molar-refractivity contribution in [3.63, 3.8) is 0 Å². The third-order valence-electron chi connectivity index (χ3n) is 3.59. The van der Waals surface area contributed by atoms with E-state index in [1.807, 2.05) is 0 Å². The molecule has 3 rings (SSSR count). The summed E-state index contributed by atoms with van der Waals surface area (Å²) in [4.78, 5) is 11.2. The van der Waals surface area contributed by atoms with Crippen LogP contribution in [0.15, 0.2) is 41.3 Å². The molecule has 0 radical (unpaired) electrons. The second kappa shape index (κ2) is 6.01. The fourth-order valence-corrected chi connectivity index (χ4v) is 3.13. The molecule has 0 bridgehead atoms. The molecule has 5 nitrogen and oxygen atoms in total. The summed E-state index contributed by atoms with van der Waals surface area (Å²) in [6.07, 6.45) is 0. The summed E-state index contributed by atoms with van der Waals surface area (Å²) >= 11 is 0. The van der Waals surface area contributed by atoms with E-state index in [4.69, 9.17) is 9.88 Å². The molecule has 2 aromatic rings. The summed E-state index contributed by atoms with van der Waals surface area (Å²) < 4.78 is 68.3. The SMILES string of the molecule is NS(=O)(=O)c1ccc(C2=C(c3cc(F)cc(F)c3)C(=O)OC2)cc1F. The lowest BCUT2D eigenvalue weighted by Crippen LogP contribution is -2.14. The molecule has 2 N–H and O–H groups in total. The molecular weight excluding hydrogens is 359 g/mol. The van der Waals surface area contributed by atoms with Gasteiger partial charge < -0.3 is 4.74 Å². The minimum Gasteiger partial charge on any atom is -0.457 e. The van der Waals surface area contributed by atoms with E-state index in [0.29, 0.717) is 6.07 Å². The van der Waals surface area contributed by atoms with E-state index in [-0.39, 0.29) is 28.9 Å². The Kier molecular flexibility index (Phi) is 4.13. The first-order valence-electron chi connectivity index (χ1n) is 6.86. The molecular formula is C16H10F3NO4S. The van der Waals surface area contributed by atoms with Gasteiger partial charge in [-0.25, -0.2) is 31.5 Å². The van der Waals surface area contributed by atoms with Crippen molar-refractivity contribution in [2.45, 2.75) is 4.90 Å². The normalized spacial score (nSPS) is 14.8. The van der Waals surface area contributed by atoms with E-state index >= 15 is 0 Å². The van der Waals surface area contributed by atoms with Gasteiger partial charge >= 0.3 is 5.97 Å². The predicted octanol–water partition coefficient (Wildman–Crippen LogP) is 2.22. The Morgan fingerprint density at radius 3 is 2.16 bits per heavy atom. The maximum atomic E-state index is 14.0. The Bertz CT molecular complexity index is 1010. The van der Waals surface area contributed by atoms with Crippen LogP contribution in [0.25, 0.3) is 11.1 Å². The van der Waals surface area contributed by atoms with Crippen LogP contribution in [-0.4, -0.2) is 21.0 Å². The molecule has 0 atom stereocenters. The quantitative estimate of drug-likeness (QED) is 0.841. The first-order valence-corrected chi connectivity index (χ1v) is 8.41. The fraction of sp³-hybridized carbons (Fsp3) is 0.0625. The van der Waals surface area contributed by atoms with Crippen LogP contribution in [-0.2, 0) is 19.6 Å². The van der Waals surface area contributed by atoms with Crippen LogP contribution in [0.4, 0.5) is 13.2 Å². The smallest absolute Gasteiger partial charge is 0.339 e. The standard InChI is InChI=1S/C16H10F3NO4S/c17-10-3-9(4-11(18)6-10)15-12(7-24-16(15)21)8-1-2-14(13(19)5-8)25(20,22)23/h1-6H,7H2,(H2,20,22,23). The number of hydrogen-bond acceptors (Lipinski definition) is 4. The second-order valence-electron chi connectivity index (χ2n) is 5.28. The molecule has 0 aliphatic carbocycles. The molecule has 0 spiro atoms. The first-order chi connectivity index (χ1) is 11.7. The topological polar surface area (TPSA) is 86.5 Å². The van der Waals surface area contributed by atoms with Crippen LogP contribution in [0.2, 0.25) is 0 Å². The number of halogens is 3. The lowest BCUT2D eigenvalue weighted by molar-refractivity contribution is -0.133. The fourth-order valence-electron chi connectivity index (χ4n) is 2.54. The highest BCUT2D eigenvalue weighted by atomic mass is 32.2. The van der Waals surface area contributed by atoms with Gasteiger partial charge in [0.1, 0.15) is 29.0 Å². The zero-order chi connectivity index (χ0) is 18.4. The molecule has 0 saturated heterocycles. The third-order valence-corrected chi connectivity index (χ3v) is 4.54. The average Bonchev–Trinajstić information content (AvgIpc) is 2.86. The van der Waals surface area contributed by atoms with Crippen molar-refractivity contribution >= 4 is 27.1 Å².